The van der Waals surface area contributed by atoms with Crippen LogP contribution in [0.3, 0.4) is 0 Å². The highest BCUT2D eigenvalue weighted by Gasteiger charge is 2.45. The molecule has 0 saturated heterocycles. The zero-order chi connectivity index (χ0) is 11.5. The summed E-state index contributed by atoms with van der Waals surface area (Å²) in [5, 5.41) is 6.25. The molecule has 0 aromatic heterocycles. The maximum atomic E-state index is 4.91. The summed E-state index contributed by atoms with van der Waals surface area (Å²) < 4.78 is -0.111. The van der Waals surface area contributed by atoms with Gasteiger partial charge in [0.1, 0.15) is 0 Å². The molecule has 1 saturated carbocycles. The second-order valence-electron chi connectivity index (χ2n) is 3.87. The van der Waals surface area contributed by atoms with Gasteiger partial charge in [0.2, 0.25) is 0 Å². The molecule has 2 atom stereocenters. The molecular formula is C12H20S3. The van der Waals surface area contributed by atoms with E-state index < -0.39 is 10.0 Å². The van der Waals surface area contributed by atoms with Crippen LogP contribution in [0.15, 0.2) is 36.0 Å². The molecule has 1 rings (SSSR count). The first-order valence-corrected chi connectivity index (χ1v) is 7.95. The van der Waals surface area contributed by atoms with Crippen molar-refractivity contribution < 1.29 is 0 Å². The van der Waals surface area contributed by atoms with E-state index in [1.165, 1.54) is 12.8 Å². The van der Waals surface area contributed by atoms with Crippen molar-refractivity contribution in [3.63, 3.8) is 0 Å². The summed E-state index contributed by atoms with van der Waals surface area (Å²) >= 11 is 9.61. The fourth-order valence-electron chi connectivity index (χ4n) is 2.16. The van der Waals surface area contributed by atoms with Gasteiger partial charge in [0.15, 0.2) is 0 Å². The molecule has 0 spiro atoms. The highest BCUT2D eigenvalue weighted by atomic mass is 32.3. The smallest absolute Gasteiger partial charge is 0.0642 e. The molecule has 2 unspecified atom stereocenters. The third kappa shape index (κ3) is 2.06. The van der Waals surface area contributed by atoms with Gasteiger partial charge in [-0.2, -0.15) is 35.3 Å². The van der Waals surface area contributed by atoms with Crippen LogP contribution in [0.2, 0.25) is 0 Å². The number of hydrogen-bond donors (Lipinski definition) is 2. The lowest BCUT2D eigenvalue weighted by atomic mass is 9.99. The summed E-state index contributed by atoms with van der Waals surface area (Å²) in [6, 6.07) is 0. The lowest BCUT2D eigenvalue weighted by molar-refractivity contribution is 0.505. The topological polar surface area (TPSA) is 0 Å². The molecule has 0 aliphatic heterocycles. The van der Waals surface area contributed by atoms with Crippen molar-refractivity contribution in [3.8, 4) is 0 Å². The van der Waals surface area contributed by atoms with Crippen molar-refractivity contribution in [2.24, 2.45) is 0 Å². The first kappa shape index (κ1) is 13.3. The Morgan fingerprint density at radius 1 is 1.13 bits per heavy atom. The number of hydrogen-bond acceptors (Lipinski definition) is 2. The minimum atomic E-state index is -1.28. The van der Waals surface area contributed by atoms with Crippen LogP contribution in [0.25, 0.3) is 0 Å². The van der Waals surface area contributed by atoms with E-state index in [4.69, 9.17) is 25.3 Å². The standard InChI is InChI=1S/C12H20S3/c1-4-15(5-2,6-3)12(14)10-8-7-9-11(12)13/h4-6,11,13-14H,1-3,7-10H2. The van der Waals surface area contributed by atoms with E-state index >= 15 is 0 Å². The first-order chi connectivity index (χ1) is 7.06. The van der Waals surface area contributed by atoms with Crippen LogP contribution in [0.5, 0.6) is 0 Å². The van der Waals surface area contributed by atoms with Gasteiger partial charge in [0.05, 0.1) is 4.08 Å². The summed E-state index contributed by atoms with van der Waals surface area (Å²) in [6.45, 7) is 11.8. The Hall–Kier alpha value is 0.270. The summed E-state index contributed by atoms with van der Waals surface area (Å²) in [6.07, 6.45) is 4.66. The van der Waals surface area contributed by atoms with Crippen LogP contribution >= 0.6 is 35.3 Å². The van der Waals surface area contributed by atoms with Crippen LogP contribution in [0.1, 0.15) is 25.7 Å². The first-order valence-electron chi connectivity index (χ1n) is 5.17. The van der Waals surface area contributed by atoms with E-state index in [1.54, 1.807) is 0 Å². The second kappa shape index (κ2) is 5.07. The van der Waals surface area contributed by atoms with Crippen LogP contribution in [-0.4, -0.2) is 9.33 Å². The zero-order valence-electron chi connectivity index (χ0n) is 9.06. The monoisotopic (exact) mass is 260 g/mol. The van der Waals surface area contributed by atoms with Crippen molar-refractivity contribution in [2.75, 3.05) is 0 Å². The molecule has 0 amide bonds. The van der Waals surface area contributed by atoms with E-state index in [1.807, 2.05) is 16.2 Å². The van der Waals surface area contributed by atoms with E-state index in [0.717, 1.165) is 12.8 Å². The Bertz CT molecular complexity index is 250. The Kier molecular flexibility index (Phi) is 4.50. The van der Waals surface area contributed by atoms with Crippen LogP contribution in [0, 0.1) is 0 Å². The van der Waals surface area contributed by atoms with Crippen LogP contribution < -0.4 is 0 Å². The molecule has 1 aliphatic rings. The summed E-state index contributed by atoms with van der Waals surface area (Å²) in [5.74, 6) is 0. The minimum absolute atomic E-state index is 0.111. The van der Waals surface area contributed by atoms with Gasteiger partial charge in [-0.3, -0.25) is 0 Å². The molecular weight excluding hydrogens is 240 g/mol. The predicted molar refractivity (Wildman–Crippen MR) is 81.1 cm³/mol. The summed E-state index contributed by atoms with van der Waals surface area (Å²) in [5.41, 5.74) is 0. The van der Waals surface area contributed by atoms with Crippen molar-refractivity contribution in [1.29, 1.82) is 0 Å². The summed E-state index contributed by atoms with van der Waals surface area (Å²) in [4.78, 5) is 0. The van der Waals surface area contributed by atoms with E-state index in [9.17, 15) is 0 Å². The molecule has 0 nitrogen and oxygen atoms in total. The maximum Gasteiger partial charge on any atom is 0.0642 e. The molecule has 1 aliphatic carbocycles. The van der Waals surface area contributed by atoms with E-state index in [-0.39, 0.29) is 4.08 Å². The maximum absolute atomic E-state index is 4.91. The normalized spacial score (nSPS) is 33.1. The predicted octanol–water partition coefficient (Wildman–Crippen LogP) is 4.72. The van der Waals surface area contributed by atoms with Gasteiger partial charge in [0.25, 0.3) is 0 Å². The molecule has 0 aromatic carbocycles. The van der Waals surface area contributed by atoms with Crippen LogP contribution in [-0.2, 0) is 0 Å². The molecule has 1 fully saturated rings. The van der Waals surface area contributed by atoms with Gasteiger partial charge < -0.3 is 0 Å². The third-order valence-electron chi connectivity index (χ3n) is 3.22. The van der Waals surface area contributed by atoms with Crippen molar-refractivity contribution >= 4 is 35.3 Å². The number of thiol groups is 2. The summed E-state index contributed by atoms with van der Waals surface area (Å²) in [7, 11) is -1.28. The molecule has 0 radical (unpaired) electrons. The van der Waals surface area contributed by atoms with Gasteiger partial charge >= 0.3 is 0 Å². The van der Waals surface area contributed by atoms with Gasteiger partial charge in [0, 0.05) is 5.25 Å². The Balaban J connectivity index is 3.13. The Morgan fingerprint density at radius 3 is 2.07 bits per heavy atom. The average Bonchev–Trinajstić information content (AvgIpc) is 2.26. The highest BCUT2D eigenvalue weighted by molar-refractivity contribution is 8.45. The van der Waals surface area contributed by atoms with Gasteiger partial charge in [-0.15, -0.1) is 0 Å². The van der Waals surface area contributed by atoms with E-state index in [2.05, 4.69) is 19.7 Å². The van der Waals surface area contributed by atoms with Gasteiger partial charge in [-0.05, 0) is 29.1 Å². The second-order valence-corrected chi connectivity index (χ2v) is 8.84. The largest absolute Gasteiger partial charge is 0.174 e. The average molecular weight is 260 g/mol. The molecule has 86 valence electrons. The quantitative estimate of drug-likeness (QED) is 0.671. The molecule has 15 heavy (non-hydrogen) atoms. The van der Waals surface area contributed by atoms with E-state index in [0.29, 0.717) is 5.25 Å². The third-order valence-corrected chi connectivity index (χ3v) is 9.15. The lowest BCUT2D eigenvalue weighted by Crippen LogP contribution is -2.39. The molecule has 0 aromatic rings. The van der Waals surface area contributed by atoms with Crippen molar-refractivity contribution in [3.05, 3.63) is 36.0 Å². The van der Waals surface area contributed by atoms with Crippen molar-refractivity contribution in [1.82, 2.24) is 0 Å². The fourth-order valence-corrected chi connectivity index (χ4v) is 6.34. The highest BCUT2D eigenvalue weighted by Crippen LogP contribution is 2.69. The molecule has 0 N–H and O–H groups in total. The minimum Gasteiger partial charge on any atom is -0.174 e. The zero-order valence-corrected chi connectivity index (χ0v) is 11.7. The van der Waals surface area contributed by atoms with Crippen molar-refractivity contribution in [2.45, 2.75) is 35.0 Å². The molecule has 3 heteroatoms. The lowest BCUT2D eigenvalue weighted by Gasteiger charge is -2.52. The SMILES string of the molecule is C=CS(C=C)(C=C)C1(S)CCCCC1S. The fraction of sp³-hybridized carbons (Fsp3) is 0.500. The number of rotatable bonds is 4. The van der Waals surface area contributed by atoms with Gasteiger partial charge in [-0.25, -0.2) is 0 Å². The molecule has 0 bridgehead atoms. The Morgan fingerprint density at radius 2 is 1.67 bits per heavy atom. The van der Waals surface area contributed by atoms with Gasteiger partial charge in [-0.1, -0.05) is 32.6 Å². The Labute approximate surface area is 106 Å². The molecule has 0 heterocycles. The van der Waals surface area contributed by atoms with Crippen LogP contribution in [0.4, 0.5) is 0 Å².